The van der Waals surface area contributed by atoms with E-state index in [1.54, 1.807) is 11.3 Å². The van der Waals surface area contributed by atoms with Gasteiger partial charge in [-0.3, -0.25) is 4.99 Å². The molecule has 23 heavy (non-hydrogen) atoms. The van der Waals surface area contributed by atoms with E-state index in [1.807, 2.05) is 18.2 Å². The minimum atomic E-state index is 0. The van der Waals surface area contributed by atoms with Crippen molar-refractivity contribution in [3.8, 4) is 5.75 Å². The summed E-state index contributed by atoms with van der Waals surface area (Å²) in [6, 6.07) is 12.5. The molecule has 1 aliphatic rings. The largest absolute Gasteiger partial charge is 0.493 e. The Labute approximate surface area is 171 Å². The van der Waals surface area contributed by atoms with Gasteiger partial charge in [0.1, 0.15) is 5.75 Å². The van der Waals surface area contributed by atoms with Crippen molar-refractivity contribution in [2.75, 3.05) is 13.2 Å². The van der Waals surface area contributed by atoms with Gasteiger partial charge in [0.25, 0.3) is 0 Å². The molecular weight excluding hydrogens is 536 g/mol. The maximum absolute atomic E-state index is 6.03. The molecule has 124 valence electrons. The number of rotatable bonds is 4. The molecule has 1 aliphatic heterocycles. The van der Waals surface area contributed by atoms with Gasteiger partial charge in [0.2, 0.25) is 0 Å². The SMILES string of the molecule is I.NC(=NCCc1ccc(I)s1)NC1CCOc2ccccc21. The molecule has 3 N–H and O–H groups in total. The third-order valence-electron chi connectivity index (χ3n) is 3.55. The standard InChI is InChI=1S/C16H18IN3OS.HI/c17-15-6-5-11(22-15)7-9-19-16(18)20-13-8-10-21-14-4-2-1-3-12(13)14;/h1-6,13H,7-10H2,(H3,18,19,20);1H. The first-order chi connectivity index (χ1) is 10.7. The monoisotopic (exact) mass is 555 g/mol. The lowest BCUT2D eigenvalue weighted by atomic mass is 10.0. The Kier molecular flexibility index (Phi) is 7.41. The minimum Gasteiger partial charge on any atom is -0.493 e. The summed E-state index contributed by atoms with van der Waals surface area (Å²) in [7, 11) is 0. The van der Waals surface area contributed by atoms with Crippen molar-refractivity contribution in [1.82, 2.24) is 5.32 Å². The molecule has 4 nitrogen and oxygen atoms in total. The highest BCUT2D eigenvalue weighted by molar-refractivity contribution is 14.1. The number of fused-ring (bicyclic) bond motifs is 1. The summed E-state index contributed by atoms with van der Waals surface area (Å²) in [4.78, 5) is 5.79. The van der Waals surface area contributed by atoms with E-state index < -0.39 is 0 Å². The number of thiophene rings is 1. The fraction of sp³-hybridized carbons (Fsp3) is 0.312. The zero-order valence-corrected chi connectivity index (χ0v) is 17.8. The molecule has 2 aromatic rings. The van der Waals surface area contributed by atoms with Crippen molar-refractivity contribution in [2.24, 2.45) is 10.7 Å². The molecule has 1 aromatic heterocycles. The summed E-state index contributed by atoms with van der Waals surface area (Å²) in [6.45, 7) is 1.41. The van der Waals surface area contributed by atoms with Gasteiger partial charge >= 0.3 is 0 Å². The predicted octanol–water partition coefficient (Wildman–Crippen LogP) is 3.94. The maximum atomic E-state index is 6.03. The van der Waals surface area contributed by atoms with Gasteiger partial charge < -0.3 is 15.8 Å². The maximum Gasteiger partial charge on any atom is 0.189 e. The molecule has 7 heteroatoms. The summed E-state index contributed by atoms with van der Waals surface area (Å²) in [5, 5.41) is 3.32. The number of nitrogens with two attached hydrogens (primary N) is 1. The van der Waals surface area contributed by atoms with Crippen LogP contribution in [0.5, 0.6) is 5.75 Å². The van der Waals surface area contributed by atoms with Crippen molar-refractivity contribution in [3.05, 3.63) is 49.7 Å². The average molecular weight is 555 g/mol. The molecule has 0 saturated heterocycles. The van der Waals surface area contributed by atoms with E-state index in [9.17, 15) is 0 Å². The van der Waals surface area contributed by atoms with Crippen LogP contribution in [0.4, 0.5) is 0 Å². The van der Waals surface area contributed by atoms with Crippen LogP contribution < -0.4 is 15.8 Å². The second-order valence-corrected chi connectivity index (χ2v) is 8.16. The third kappa shape index (κ3) is 5.21. The van der Waals surface area contributed by atoms with E-state index >= 15 is 0 Å². The number of guanidine groups is 1. The summed E-state index contributed by atoms with van der Waals surface area (Å²) in [6.07, 6.45) is 1.83. The highest BCUT2D eigenvalue weighted by atomic mass is 127. The number of nitrogens with zero attached hydrogens (tertiary/aromatic N) is 1. The molecule has 0 aliphatic carbocycles. The molecule has 0 fully saturated rings. The molecule has 1 atom stereocenters. The molecular formula is C16H19I2N3OS. The first-order valence-corrected chi connectivity index (χ1v) is 9.14. The first-order valence-electron chi connectivity index (χ1n) is 7.25. The Morgan fingerprint density at radius 3 is 2.96 bits per heavy atom. The Bertz CT molecular complexity index is 675. The number of hydrogen-bond donors (Lipinski definition) is 2. The van der Waals surface area contributed by atoms with Gasteiger partial charge in [0.15, 0.2) is 5.96 Å². The van der Waals surface area contributed by atoms with E-state index in [-0.39, 0.29) is 30.0 Å². The van der Waals surface area contributed by atoms with Gasteiger partial charge in [-0.05, 0) is 40.8 Å². The third-order valence-corrected chi connectivity index (χ3v) is 5.50. The lowest BCUT2D eigenvalue weighted by Crippen LogP contribution is -2.37. The lowest BCUT2D eigenvalue weighted by molar-refractivity contribution is 0.262. The van der Waals surface area contributed by atoms with Crippen LogP contribution in [0.1, 0.15) is 22.9 Å². The molecule has 0 bridgehead atoms. The summed E-state index contributed by atoms with van der Waals surface area (Å²) < 4.78 is 6.96. The fourth-order valence-electron chi connectivity index (χ4n) is 2.49. The van der Waals surface area contributed by atoms with E-state index in [4.69, 9.17) is 10.5 Å². The number of hydrogen-bond acceptors (Lipinski definition) is 3. The van der Waals surface area contributed by atoms with Crippen LogP contribution in [0.2, 0.25) is 0 Å². The first kappa shape index (κ1) is 18.8. The number of halogens is 2. The molecule has 0 saturated carbocycles. The molecule has 3 rings (SSSR count). The number of nitrogens with one attached hydrogen (secondary N) is 1. The zero-order chi connectivity index (χ0) is 15.4. The fourth-order valence-corrected chi connectivity index (χ4v) is 4.23. The highest BCUT2D eigenvalue weighted by Gasteiger charge is 2.21. The number of ether oxygens (including phenoxy) is 1. The number of para-hydroxylation sites is 1. The summed E-state index contributed by atoms with van der Waals surface area (Å²) in [5.41, 5.74) is 7.18. The van der Waals surface area contributed by atoms with Gasteiger partial charge in [-0.2, -0.15) is 0 Å². The zero-order valence-electron chi connectivity index (χ0n) is 12.5. The predicted molar refractivity (Wildman–Crippen MR) is 115 cm³/mol. The number of benzene rings is 1. The van der Waals surface area contributed by atoms with Crippen LogP contribution >= 0.6 is 57.9 Å². The molecule has 1 unspecified atom stereocenters. The summed E-state index contributed by atoms with van der Waals surface area (Å²) in [5.74, 6) is 1.44. The van der Waals surface area contributed by atoms with Crippen LogP contribution in [0, 0.1) is 2.88 Å². The normalized spacial score (nSPS) is 16.9. The minimum absolute atomic E-state index is 0. The van der Waals surface area contributed by atoms with Crippen LogP contribution in [-0.4, -0.2) is 19.1 Å². The smallest absolute Gasteiger partial charge is 0.189 e. The second kappa shape index (κ2) is 9.07. The molecule has 2 heterocycles. The Morgan fingerprint density at radius 1 is 1.35 bits per heavy atom. The van der Waals surface area contributed by atoms with Gasteiger partial charge in [-0.1, -0.05) is 18.2 Å². The Balaban J connectivity index is 0.00000192. The van der Waals surface area contributed by atoms with Crippen LogP contribution in [0.15, 0.2) is 41.4 Å². The van der Waals surface area contributed by atoms with E-state index in [0.717, 1.165) is 24.2 Å². The molecule has 0 amide bonds. The van der Waals surface area contributed by atoms with Crippen molar-refractivity contribution >= 4 is 63.9 Å². The molecule has 1 aromatic carbocycles. The quantitative estimate of drug-likeness (QED) is 0.342. The van der Waals surface area contributed by atoms with Crippen LogP contribution in [0.25, 0.3) is 0 Å². The van der Waals surface area contributed by atoms with Gasteiger partial charge in [-0.15, -0.1) is 35.3 Å². The lowest BCUT2D eigenvalue weighted by Gasteiger charge is -2.26. The van der Waals surface area contributed by atoms with Crippen molar-refractivity contribution in [1.29, 1.82) is 0 Å². The van der Waals surface area contributed by atoms with Crippen molar-refractivity contribution in [3.63, 3.8) is 0 Å². The van der Waals surface area contributed by atoms with Crippen LogP contribution in [0.3, 0.4) is 0 Å². The Morgan fingerprint density at radius 2 is 2.17 bits per heavy atom. The number of aliphatic imine (C=N–C) groups is 1. The van der Waals surface area contributed by atoms with E-state index in [1.165, 1.54) is 7.76 Å². The highest BCUT2D eigenvalue weighted by Crippen LogP contribution is 2.31. The van der Waals surface area contributed by atoms with Crippen molar-refractivity contribution < 1.29 is 4.74 Å². The second-order valence-electron chi connectivity index (χ2n) is 5.09. The molecule has 0 spiro atoms. The van der Waals surface area contributed by atoms with E-state index in [2.05, 4.69) is 51.1 Å². The van der Waals surface area contributed by atoms with Gasteiger partial charge in [0, 0.05) is 29.8 Å². The van der Waals surface area contributed by atoms with Crippen LogP contribution in [-0.2, 0) is 6.42 Å². The van der Waals surface area contributed by atoms with Gasteiger partial charge in [-0.25, -0.2) is 0 Å². The topological polar surface area (TPSA) is 59.6 Å². The van der Waals surface area contributed by atoms with Crippen molar-refractivity contribution in [2.45, 2.75) is 18.9 Å². The van der Waals surface area contributed by atoms with E-state index in [0.29, 0.717) is 19.1 Å². The average Bonchev–Trinajstić information content (AvgIpc) is 2.93. The summed E-state index contributed by atoms with van der Waals surface area (Å²) >= 11 is 4.14. The Hall–Kier alpha value is -0.550. The molecule has 0 radical (unpaired) electrons. The van der Waals surface area contributed by atoms with Gasteiger partial charge in [0.05, 0.1) is 15.5 Å².